The molecule has 2 aromatic rings. The lowest BCUT2D eigenvalue weighted by atomic mass is 10.3. The molecule has 1 aliphatic rings. The van der Waals surface area contributed by atoms with E-state index < -0.39 is 20.0 Å². The summed E-state index contributed by atoms with van der Waals surface area (Å²) < 4.78 is 59.3. The van der Waals surface area contributed by atoms with E-state index in [0.717, 1.165) is 0 Å². The Morgan fingerprint density at radius 1 is 0.821 bits per heavy atom. The zero-order chi connectivity index (χ0) is 20.4. The van der Waals surface area contributed by atoms with Crippen LogP contribution in [0.2, 0.25) is 0 Å². The number of hydrogen-bond donors (Lipinski definition) is 1. The molecule has 0 saturated carbocycles. The lowest BCUT2D eigenvalue weighted by molar-refractivity contribution is 0.222. The lowest BCUT2D eigenvalue weighted by Crippen LogP contribution is -2.46. The fourth-order valence-electron chi connectivity index (χ4n) is 2.84. The number of anilines is 1. The van der Waals surface area contributed by atoms with Crippen molar-refractivity contribution >= 4 is 25.7 Å². The molecule has 1 aliphatic heterocycles. The van der Waals surface area contributed by atoms with Crippen LogP contribution in [0.3, 0.4) is 0 Å². The first kappa shape index (κ1) is 20.6. The fraction of sp³-hybridized carbons (Fsp3) is 0.333. The van der Waals surface area contributed by atoms with Crippen LogP contribution in [0.4, 0.5) is 5.69 Å². The Bertz CT molecular complexity index is 1010. The molecule has 1 fully saturated rings. The molecular formula is C18H23N3O5S2. The van der Waals surface area contributed by atoms with Gasteiger partial charge in [-0.25, -0.2) is 16.8 Å². The summed E-state index contributed by atoms with van der Waals surface area (Å²) >= 11 is 0. The first-order valence-corrected chi connectivity index (χ1v) is 11.6. The van der Waals surface area contributed by atoms with E-state index in [4.69, 9.17) is 4.74 Å². The Kier molecular flexibility index (Phi) is 5.94. The highest BCUT2D eigenvalue weighted by Crippen LogP contribution is 2.22. The summed E-state index contributed by atoms with van der Waals surface area (Å²) in [5.74, 6) is 0.553. The molecular weight excluding hydrogens is 402 g/mol. The number of methoxy groups -OCH3 is 1. The summed E-state index contributed by atoms with van der Waals surface area (Å²) in [6.45, 7) is 2.23. The van der Waals surface area contributed by atoms with E-state index >= 15 is 0 Å². The molecule has 1 N–H and O–H groups in total. The van der Waals surface area contributed by atoms with Crippen molar-refractivity contribution in [1.29, 1.82) is 0 Å². The molecule has 3 rings (SSSR count). The Labute approximate surface area is 165 Å². The Balaban J connectivity index is 1.75. The number of likely N-dealkylation sites (N-methyl/N-ethyl adjacent to an activating group) is 1. The number of hydrogen-bond acceptors (Lipinski definition) is 6. The van der Waals surface area contributed by atoms with Gasteiger partial charge in [-0.15, -0.1) is 0 Å². The maximum absolute atomic E-state index is 12.7. The van der Waals surface area contributed by atoms with Gasteiger partial charge in [0, 0.05) is 31.9 Å². The number of piperazine rings is 1. The quantitative estimate of drug-likeness (QED) is 0.752. The van der Waals surface area contributed by atoms with Crippen molar-refractivity contribution in [1.82, 2.24) is 9.21 Å². The van der Waals surface area contributed by atoms with E-state index in [2.05, 4.69) is 9.62 Å². The largest absolute Gasteiger partial charge is 0.497 e. The summed E-state index contributed by atoms with van der Waals surface area (Å²) in [7, 11) is -3.92. The monoisotopic (exact) mass is 425 g/mol. The first-order valence-electron chi connectivity index (χ1n) is 8.68. The minimum atomic E-state index is -3.78. The number of nitrogens with zero attached hydrogens (tertiary/aromatic N) is 2. The normalized spacial score (nSPS) is 16.6. The van der Waals surface area contributed by atoms with Gasteiger partial charge in [-0.05, 0) is 55.6 Å². The molecule has 1 heterocycles. The Hall–Kier alpha value is -2.14. The van der Waals surface area contributed by atoms with Crippen LogP contribution >= 0.6 is 0 Å². The van der Waals surface area contributed by atoms with Crippen molar-refractivity contribution in [3.8, 4) is 5.75 Å². The molecule has 0 amide bonds. The predicted octanol–water partition coefficient (Wildman–Crippen LogP) is 1.43. The van der Waals surface area contributed by atoms with Crippen molar-refractivity contribution in [2.75, 3.05) is 45.1 Å². The van der Waals surface area contributed by atoms with E-state index in [-0.39, 0.29) is 15.5 Å². The summed E-state index contributed by atoms with van der Waals surface area (Å²) in [6, 6.07) is 11.7. The van der Waals surface area contributed by atoms with Crippen LogP contribution in [-0.2, 0) is 20.0 Å². The molecule has 0 unspecified atom stereocenters. The Morgan fingerprint density at radius 3 is 1.89 bits per heavy atom. The van der Waals surface area contributed by atoms with Crippen molar-refractivity contribution in [2.24, 2.45) is 0 Å². The van der Waals surface area contributed by atoms with E-state index in [1.807, 2.05) is 7.05 Å². The molecule has 10 heteroatoms. The van der Waals surface area contributed by atoms with Gasteiger partial charge >= 0.3 is 0 Å². The highest BCUT2D eigenvalue weighted by Gasteiger charge is 2.27. The van der Waals surface area contributed by atoms with Gasteiger partial charge in [-0.3, -0.25) is 4.72 Å². The topological polar surface area (TPSA) is 96.0 Å². The van der Waals surface area contributed by atoms with Crippen LogP contribution in [0.1, 0.15) is 0 Å². The summed E-state index contributed by atoms with van der Waals surface area (Å²) in [6.07, 6.45) is 0. The Morgan fingerprint density at radius 2 is 1.36 bits per heavy atom. The molecule has 2 aromatic carbocycles. The van der Waals surface area contributed by atoms with Gasteiger partial charge in [0.05, 0.1) is 16.9 Å². The maximum Gasteiger partial charge on any atom is 0.261 e. The second-order valence-corrected chi connectivity index (χ2v) is 10.1. The third-order valence-electron chi connectivity index (χ3n) is 4.58. The molecule has 28 heavy (non-hydrogen) atoms. The van der Waals surface area contributed by atoms with Gasteiger partial charge in [0.15, 0.2) is 0 Å². The fourth-order valence-corrected chi connectivity index (χ4v) is 5.32. The van der Waals surface area contributed by atoms with Crippen molar-refractivity contribution in [3.63, 3.8) is 0 Å². The number of sulfonamides is 2. The average molecular weight is 426 g/mol. The van der Waals surface area contributed by atoms with Gasteiger partial charge in [-0.1, -0.05) is 0 Å². The minimum Gasteiger partial charge on any atom is -0.497 e. The van der Waals surface area contributed by atoms with Gasteiger partial charge in [-0.2, -0.15) is 4.31 Å². The predicted molar refractivity (Wildman–Crippen MR) is 107 cm³/mol. The number of nitrogens with one attached hydrogen (secondary N) is 1. The van der Waals surface area contributed by atoms with Crippen LogP contribution < -0.4 is 9.46 Å². The van der Waals surface area contributed by atoms with Crippen molar-refractivity contribution in [2.45, 2.75) is 9.79 Å². The zero-order valence-electron chi connectivity index (χ0n) is 15.7. The highest BCUT2D eigenvalue weighted by atomic mass is 32.2. The van der Waals surface area contributed by atoms with Crippen molar-refractivity contribution < 1.29 is 21.6 Å². The molecule has 0 aliphatic carbocycles. The SMILES string of the molecule is COc1ccc(S(=O)(=O)Nc2ccc(S(=O)(=O)N3CCN(C)CC3)cc2)cc1. The highest BCUT2D eigenvalue weighted by molar-refractivity contribution is 7.92. The van der Waals surface area contributed by atoms with E-state index in [0.29, 0.717) is 31.9 Å². The van der Waals surface area contributed by atoms with Crippen molar-refractivity contribution in [3.05, 3.63) is 48.5 Å². The summed E-state index contributed by atoms with van der Waals surface area (Å²) in [5.41, 5.74) is 0.285. The van der Waals surface area contributed by atoms with Crippen LogP contribution in [0.25, 0.3) is 0 Å². The van der Waals surface area contributed by atoms with Crippen LogP contribution in [0.5, 0.6) is 5.75 Å². The van der Waals surface area contributed by atoms with E-state index in [1.54, 1.807) is 12.1 Å². The second-order valence-electron chi connectivity index (χ2n) is 6.51. The van der Waals surface area contributed by atoms with Crippen LogP contribution in [0, 0.1) is 0 Å². The molecule has 0 radical (unpaired) electrons. The van der Waals surface area contributed by atoms with Gasteiger partial charge in [0.2, 0.25) is 10.0 Å². The first-order chi connectivity index (χ1) is 13.2. The van der Waals surface area contributed by atoms with Crippen LogP contribution in [-0.4, -0.2) is 66.4 Å². The molecule has 0 aromatic heterocycles. The standard InChI is InChI=1S/C18H23N3O5S2/c1-20-11-13-21(14-12-20)28(24,25)18-7-3-15(4-8-18)19-27(22,23)17-9-5-16(26-2)6-10-17/h3-10,19H,11-14H2,1-2H3. The van der Waals surface area contributed by atoms with E-state index in [9.17, 15) is 16.8 Å². The molecule has 1 saturated heterocycles. The smallest absolute Gasteiger partial charge is 0.261 e. The van der Waals surface area contributed by atoms with Crippen LogP contribution in [0.15, 0.2) is 58.3 Å². The molecule has 8 nitrogen and oxygen atoms in total. The minimum absolute atomic E-state index is 0.0856. The lowest BCUT2D eigenvalue weighted by Gasteiger charge is -2.31. The zero-order valence-corrected chi connectivity index (χ0v) is 17.3. The maximum atomic E-state index is 12.7. The number of ether oxygens (including phenoxy) is 1. The third kappa shape index (κ3) is 4.46. The van der Waals surface area contributed by atoms with Gasteiger partial charge in [0.1, 0.15) is 5.75 Å². The van der Waals surface area contributed by atoms with Gasteiger partial charge < -0.3 is 9.64 Å². The summed E-state index contributed by atoms with van der Waals surface area (Å²) in [4.78, 5) is 2.30. The average Bonchev–Trinajstić information content (AvgIpc) is 2.68. The number of benzene rings is 2. The third-order valence-corrected chi connectivity index (χ3v) is 7.89. The number of rotatable bonds is 6. The van der Waals surface area contributed by atoms with Gasteiger partial charge in [0.25, 0.3) is 10.0 Å². The molecule has 0 spiro atoms. The molecule has 0 atom stereocenters. The summed E-state index contributed by atoms with van der Waals surface area (Å²) in [5, 5.41) is 0. The second kappa shape index (κ2) is 8.08. The molecule has 152 valence electrons. The molecule has 0 bridgehead atoms. The van der Waals surface area contributed by atoms with E-state index in [1.165, 1.54) is 47.8 Å².